The monoisotopic (exact) mass is 251 g/mol. The van der Waals surface area contributed by atoms with Crippen LogP contribution in [0.25, 0.3) is 10.9 Å². The third-order valence-electron chi connectivity index (χ3n) is 2.85. The van der Waals surface area contributed by atoms with Crippen molar-refractivity contribution in [3.8, 4) is 0 Å². The summed E-state index contributed by atoms with van der Waals surface area (Å²) in [6.45, 7) is 2.99. The second-order valence-corrected chi connectivity index (χ2v) is 4.24. The molecule has 1 amide bonds. The first-order chi connectivity index (χ1) is 8.13. The van der Waals surface area contributed by atoms with Crippen LogP contribution in [0.4, 0.5) is 0 Å². The highest BCUT2D eigenvalue weighted by Gasteiger charge is 2.10. The summed E-state index contributed by atoms with van der Waals surface area (Å²) >= 11 is 5.98. The number of hydrogen-bond acceptors (Lipinski definition) is 2. The molecule has 0 radical (unpaired) electrons. The predicted octanol–water partition coefficient (Wildman–Crippen LogP) is 2.17. The van der Waals surface area contributed by atoms with E-state index in [1.165, 1.54) is 0 Å². The summed E-state index contributed by atoms with van der Waals surface area (Å²) in [5, 5.41) is 1.35. The Labute approximate surface area is 105 Å². The number of fused-ring (bicyclic) bond motifs is 1. The molecule has 0 spiro atoms. The molecule has 90 valence electrons. The molecule has 0 atom stereocenters. The Balaban J connectivity index is 2.31. The van der Waals surface area contributed by atoms with Gasteiger partial charge in [-0.05, 0) is 19.1 Å². The first kappa shape index (κ1) is 11.9. The smallest absolute Gasteiger partial charge is 0.242 e. The van der Waals surface area contributed by atoms with Gasteiger partial charge in [0.1, 0.15) is 11.7 Å². The highest BCUT2D eigenvalue weighted by atomic mass is 35.5. The predicted molar refractivity (Wildman–Crippen MR) is 68.1 cm³/mol. The summed E-state index contributed by atoms with van der Waals surface area (Å²) in [6, 6.07) is 3.74. The maximum absolute atomic E-state index is 11.8. The molecule has 0 aliphatic heterocycles. The van der Waals surface area contributed by atoms with Crippen molar-refractivity contribution in [1.29, 1.82) is 0 Å². The normalized spacial score (nSPS) is 10.8. The van der Waals surface area contributed by atoms with Crippen LogP contribution in [0.3, 0.4) is 0 Å². The lowest BCUT2D eigenvalue weighted by molar-refractivity contribution is -0.130. The number of amides is 1. The van der Waals surface area contributed by atoms with Gasteiger partial charge in [-0.2, -0.15) is 0 Å². The standard InChI is InChI=1S/C12H14ClN3O/c1-3-15(2)11(17)8-16-7-5-9-10(16)4-6-14-12(9)13/h4-7H,3,8H2,1-2H3. The summed E-state index contributed by atoms with van der Waals surface area (Å²) in [6.07, 6.45) is 3.51. The molecule has 0 bridgehead atoms. The van der Waals surface area contributed by atoms with E-state index in [0.717, 1.165) is 10.9 Å². The number of nitrogens with zero attached hydrogens (tertiary/aromatic N) is 3. The molecule has 0 saturated heterocycles. The Morgan fingerprint density at radius 1 is 1.53 bits per heavy atom. The van der Waals surface area contributed by atoms with Crippen LogP contribution in [0, 0.1) is 0 Å². The number of carbonyl (C=O) groups excluding carboxylic acids is 1. The van der Waals surface area contributed by atoms with Crippen molar-refractivity contribution in [3.05, 3.63) is 29.7 Å². The third kappa shape index (κ3) is 2.26. The summed E-state index contributed by atoms with van der Waals surface area (Å²) in [7, 11) is 1.79. The summed E-state index contributed by atoms with van der Waals surface area (Å²) in [4.78, 5) is 17.5. The number of carbonyl (C=O) groups is 1. The van der Waals surface area contributed by atoms with Gasteiger partial charge in [-0.15, -0.1) is 0 Å². The zero-order chi connectivity index (χ0) is 12.4. The zero-order valence-electron chi connectivity index (χ0n) is 9.85. The van der Waals surface area contributed by atoms with Gasteiger partial charge in [-0.3, -0.25) is 4.79 Å². The molecule has 0 aliphatic rings. The Kier molecular flexibility index (Phi) is 3.33. The lowest BCUT2D eigenvalue weighted by atomic mass is 10.3. The van der Waals surface area contributed by atoms with Gasteiger partial charge in [-0.25, -0.2) is 4.98 Å². The molecule has 0 fully saturated rings. The van der Waals surface area contributed by atoms with E-state index in [-0.39, 0.29) is 5.91 Å². The van der Waals surface area contributed by atoms with Gasteiger partial charge in [0.2, 0.25) is 5.91 Å². The molecule has 2 heterocycles. The number of aromatic nitrogens is 2. The van der Waals surface area contributed by atoms with Crippen LogP contribution in [0.15, 0.2) is 24.5 Å². The molecule has 2 aromatic heterocycles. The van der Waals surface area contributed by atoms with E-state index in [0.29, 0.717) is 18.2 Å². The molecule has 0 aliphatic carbocycles. The number of halogens is 1. The van der Waals surface area contributed by atoms with E-state index in [1.807, 2.05) is 29.8 Å². The molecule has 17 heavy (non-hydrogen) atoms. The molecule has 4 nitrogen and oxygen atoms in total. The lowest BCUT2D eigenvalue weighted by Crippen LogP contribution is -2.29. The number of likely N-dealkylation sites (N-methyl/N-ethyl adjacent to an activating group) is 1. The quantitative estimate of drug-likeness (QED) is 0.784. The van der Waals surface area contributed by atoms with Crippen LogP contribution in [0.2, 0.25) is 5.15 Å². The lowest BCUT2D eigenvalue weighted by Gasteiger charge is -2.15. The van der Waals surface area contributed by atoms with Crippen molar-refractivity contribution < 1.29 is 4.79 Å². The van der Waals surface area contributed by atoms with Crippen molar-refractivity contribution in [2.24, 2.45) is 0 Å². The Morgan fingerprint density at radius 3 is 3.00 bits per heavy atom. The van der Waals surface area contributed by atoms with Crippen molar-refractivity contribution in [3.63, 3.8) is 0 Å². The molecule has 0 aromatic carbocycles. The van der Waals surface area contributed by atoms with Gasteiger partial charge in [0.25, 0.3) is 0 Å². The molecular formula is C12H14ClN3O. The van der Waals surface area contributed by atoms with Gasteiger partial charge in [0, 0.05) is 31.4 Å². The van der Waals surface area contributed by atoms with Crippen molar-refractivity contribution >= 4 is 28.4 Å². The van der Waals surface area contributed by atoms with Crippen LogP contribution >= 0.6 is 11.6 Å². The Morgan fingerprint density at radius 2 is 2.29 bits per heavy atom. The highest BCUT2D eigenvalue weighted by Crippen LogP contribution is 2.21. The first-order valence-electron chi connectivity index (χ1n) is 5.46. The number of rotatable bonds is 3. The summed E-state index contributed by atoms with van der Waals surface area (Å²) in [5.41, 5.74) is 0.933. The molecule has 2 rings (SSSR count). The van der Waals surface area contributed by atoms with E-state index >= 15 is 0 Å². The minimum Gasteiger partial charge on any atom is -0.344 e. The SMILES string of the molecule is CCN(C)C(=O)Cn1ccc2c(Cl)nccc21. The van der Waals surface area contributed by atoms with Crippen molar-refractivity contribution in [2.45, 2.75) is 13.5 Å². The Bertz CT molecular complexity index is 550. The van der Waals surface area contributed by atoms with E-state index in [1.54, 1.807) is 18.1 Å². The van der Waals surface area contributed by atoms with E-state index in [9.17, 15) is 4.79 Å². The topological polar surface area (TPSA) is 38.1 Å². The van der Waals surface area contributed by atoms with Crippen LogP contribution in [-0.4, -0.2) is 34.0 Å². The van der Waals surface area contributed by atoms with Crippen LogP contribution in [-0.2, 0) is 11.3 Å². The Hall–Kier alpha value is -1.55. The molecule has 0 N–H and O–H groups in total. The second-order valence-electron chi connectivity index (χ2n) is 3.89. The fraction of sp³-hybridized carbons (Fsp3) is 0.333. The largest absolute Gasteiger partial charge is 0.344 e. The average molecular weight is 252 g/mol. The molecule has 0 saturated carbocycles. The minimum atomic E-state index is 0.0814. The molecular weight excluding hydrogens is 238 g/mol. The molecule has 0 unspecified atom stereocenters. The van der Waals surface area contributed by atoms with Gasteiger partial charge < -0.3 is 9.47 Å². The molecule has 2 aromatic rings. The van der Waals surface area contributed by atoms with Crippen molar-refractivity contribution in [2.75, 3.05) is 13.6 Å². The number of pyridine rings is 1. The van der Waals surface area contributed by atoms with Crippen LogP contribution in [0.5, 0.6) is 0 Å². The summed E-state index contributed by atoms with van der Waals surface area (Å²) < 4.78 is 1.89. The van der Waals surface area contributed by atoms with Gasteiger partial charge in [0.05, 0.1) is 5.52 Å². The first-order valence-corrected chi connectivity index (χ1v) is 5.84. The minimum absolute atomic E-state index is 0.0814. The van der Waals surface area contributed by atoms with E-state index in [2.05, 4.69) is 4.98 Å². The number of hydrogen-bond donors (Lipinski definition) is 0. The average Bonchev–Trinajstić information content (AvgIpc) is 2.73. The van der Waals surface area contributed by atoms with Gasteiger partial charge in [0.15, 0.2) is 0 Å². The fourth-order valence-corrected chi connectivity index (χ4v) is 1.88. The third-order valence-corrected chi connectivity index (χ3v) is 3.16. The van der Waals surface area contributed by atoms with Crippen molar-refractivity contribution in [1.82, 2.24) is 14.5 Å². The second kappa shape index (κ2) is 4.75. The summed E-state index contributed by atoms with van der Waals surface area (Å²) in [5.74, 6) is 0.0814. The maximum atomic E-state index is 11.8. The van der Waals surface area contributed by atoms with Gasteiger partial charge >= 0.3 is 0 Å². The highest BCUT2D eigenvalue weighted by molar-refractivity contribution is 6.34. The van der Waals surface area contributed by atoms with E-state index in [4.69, 9.17) is 11.6 Å². The maximum Gasteiger partial charge on any atom is 0.242 e. The van der Waals surface area contributed by atoms with E-state index < -0.39 is 0 Å². The molecule has 5 heteroatoms. The van der Waals surface area contributed by atoms with Crippen LogP contribution < -0.4 is 0 Å². The fourth-order valence-electron chi connectivity index (χ4n) is 1.67. The van der Waals surface area contributed by atoms with Gasteiger partial charge in [-0.1, -0.05) is 11.6 Å². The zero-order valence-corrected chi connectivity index (χ0v) is 10.6. The van der Waals surface area contributed by atoms with Crippen LogP contribution in [0.1, 0.15) is 6.92 Å².